The van der Waals surface area contributed by atoms with Gasteiger partial charge in [-0.1, -0.05) is 36.4 Å². The number of nitrogens with zero attached hydrogens (tertiary/aromatic N) is 2. The number of H-pyrrole nitrogens is 1. The molecule has 36 heavy (non-hydrogen) atoms. The summed E-state index contributed by atoms with van der Waals surface area (Å²) in [6, 6.07) is 23.6. The van der Waals surface area contributed by atoms with Crippen LogP contribution in [0.2, 0.25) is 0 Å². The summed E-state index contributed by atoms with van der Waals surface area (Å²) in [5.74, 6) is -0.0185. The molecule has 1 aliphatic heterocycles. The highest BCUT2D eigenvalue weighted by Crippen LogP contribution is 2.20. The number of nitrogens with one attached hydrogen (secondary N) is 3. The molecule has 0 aliphatic carbocycles. The molecule has 1 fully saturated rings. The minimum Gasteiger partial charge on any atom is -0.361 e. The highest BCUT2D eigenvalue weighted by molar-refractivity contribution is 6.00. The summed E-state index contributed by atoms with van der Waals surface area (Å²) >= 11 is 0. The molecule has 4 aromatic rings. The number of para-hydroxylation sites is 2. The summed E-state index contributed by atoms with van der Waals surface area (Å²) in [6.07, 6.45) is 2.23. The summed E-state index contributed by atoms with van der Waals surface area (Å²) in [6.45, 7) is 1.98. The number of carbonyl (C=O) groups excluding carboxylic acids is 3. The molecule has 2 heterocycles. The number of aromatic amines is 1. The number of urea groups is 1. The first kappa shape index (κ1) is 23.2. The first-order chi connectivity index (χ1) is 17.6. The van der Waals surface area contributed by atoms with Gasteiger partial charge in [-0.15, -0.1) is 0 Å². The largest absolute Gasteiger partial charge is 0.361 e. The molecule has 0 unspecified atom stereocenters. The van der Waals surface area contributed by atoms with Crippen molar-refractivity contribution in [1.29, 1.82) is 0 Å². The van der Waals surface area contributed by atoms with Crippen LogP contribution >= 0.6 is 0 Å². The molecule has 4 amide bonds. The Morgan fingerprint density at radius 1 is 0.722 bits per heavy atom. The van der Waals surface area contributed by atoms with Gasteiger partial charge in [-0.25, -0.2) is 4.79 Å². The number of rotatable bonds is 5. The summed E-state index contributed by atoms with van der Waals surface area (Å²) in [5.41, 5.74) is 3.84. The lowest BCUT2D eigenvalue weighted by Gasteiger charge is -2.35. The van der Waals surface area contributed by atoms with Crippen molar-refractivity contribution in [2.45, 2.75) is 6.42 Å². The minimum atomic E-state index is -0.353. The third-order valence-corrected chi connectivity index (χ3v) is 6.36. The molecule has 1 aromatic heterocycles. The van der Waals surface area contributed by atoms with E-state index in [4.69, 9.17) is 0 Å². The first-order valence-electron chi connectivity index (χ1n) is 11.9. The number of hydrogen-bond acceptors (Lipinski definition) is 3. The second-order valence-corrected chi connectivity index (χ2v) is 8.73. The number of aromatic nitrogens is 1. The summed E-state index contributed by atoms with van der Waals surface area (Å²) in [5, 5.41) is 6.58. The van der Waals surface area contributed by atoms with Gasteiger partial charge in [0.05, 0.1) is 6.42 Å². The van der Waals surface area contributed by atoms with Gasteiger partial charge >= 0.3 is 6.03 Å². The molecule has 182 valence electrons. The zero-order chi connectivity index (χ0) is 24.9. The fraction of sp³-hybridized carbons (Fsp3) is 0.179. The molecule has 0 bridgehead atoms. The lowest BCUT2D eigenvalue weighted by Crippen LogP contribution is -2.51. The van der Waals surface area contributed by atoms with Gasteiger partial charge in [0.2, 0.25) is 5.91 Å². The summed E-state index contributed by atoms with van der Waals surface area (Å²) in [4.78, 5) is 44.8. The molecule has 0 saturated carbocycles. The predicted molar refractivity (Wildman–Crippen MR) is 140 cm³/mol. The van der Waals surface area contributed by atoms with Crippen molar-refractivity contribution in [3.63, 3.8) is 0 Å². The molecule has 3 aromatic carbocycles. The van der Waals surface area contributed by atoms with Crippen LogP contribution in [0.15, 0.2) is 85.1 Å². The van der Waals surface area contributed by atoms with Gasteiger partial charge in [-0.05, 0) is 48.0 Å². The van der Waals surface area contributed by atoms with Crippen LogP contribution in [0.1, 0.15) is 15.9 Å². The molecule has 5 rings (SSSR count). The second-order valence-electron chi connectivity index (χ2n) is 8.73. The van der Waals surface area contributed by atoms with E-state index in [-0.39, 0.29) is 17.8 Å². The van der Waals surface area contributed by atoms with Gasteiger partial charge in [0, 0.05) is 60.2 Å². The number of fused-ring (bicyclic) bond motifs is 1. The summed E-state index contributed by atoms with van der Waals surface area (Å²) in [7, 11) is 0. The topological polar surface area (TPSA) is 97.5 Å². The third-order valence-electron chi connectivity index (χ3n) is 6.36. The van der Waals surface area contributed by atoms with Crippen LogP contribution in [0.25, 0.3) is 10.9 Å². The SMILES string of the molecule is O=C(Nc1ccccc1)Nc1ccc(C(=O)N2CCN(C(=O)Cc3c[nH]c4ccccc34)CC2)cc1. The number of carbonyl (C=O) groups is 3. The molecule has 0 radical (unpaired) electrons. The molecule has 8 nitrogen and oxygen atoms in total. The number of benzene rings is 3. The summed E-state index contributed by atoms with van der Waals surface area (Å²) < 4.78 is 0. The van der Waals surface area contributed by atoms with Crippen molar-refractivity contribution in [2.75, 3.05) is 36.8 Å². The van der Waals surface area contributed by atoms with E-state index in [0.29, 0.717) is 49.5 Å². The fourth-order valence-electron chi connectivity index (χ4n) is 4.41. The van der Waals surface area contributed by atoms with Gasteiger partial charge < -0.3 is 25.4 Å². The Bertz CT molecular complexity index is 1370. The number of amides is 4. The molecular formula is C28H27N5O3. The van der Waals surface area contributed by atoms with Crippen molar-refractivity contribution in [2.24, 2.45) is 0 Å². The zero-order valence-corrected chi connectivity index (χ0v) is 19.7. The van der Waals surface area contributed by atoms with Gasteiger partial charge in [0.25, 0.3) is 5.91 Å². The van der Waals surface area contributed by atoms with Crippen molar-refractivity contribution in [1.82, 2.24) is 14.8 Å². The van der Waals surface area contributed by atoms with E-state index < -0.39 is 0 Å². The van der Waals surface area contributed by atoms with Crippen LogP contribution in [-0.4, -0.2) is 58.8 Å². The minimum absolute atomic E-state index is 0.0658. The van der Waals surface area contributed by atoms with E-state index in [2.05, 4.69) is 15.6 Å². The van der Waals surface area contributed by atoms with Crippen molar-refractivity contribution >= 4 is 40.1 Å². The maximum absolute atomic E-state index is 13.0. The third kappa shape index (κ3) is 5.22. The van der Waals surface area contributed by atoms with Gasteiger partial charge in [0.15, 0.2) is 0 Å². The van der Waals surface area contributed by atoms with Crippen molar-refractivity contribution in [3.05, 3.63) is 96.2 Å². The van der Waals surface area contributed by atoms with Gasteiger partial charge in [0.1, 0.15) is 0 Å². The van der Waals surface area contributed by atoms with Crippen LogP contribution in [0.4, 0.5) is 16.2 Å². The Kier molecular flexibility index (Phi) is 6.66. The second kappa shape index (κ2) is 10.4. The Morgan fingerprint density at radius 3 is 2.06 bits per heavy atom. The lowest BCUT2D eigenvalue weighted by molar-refractivity contribution is -0.131. The van der Waals surface area contributed by atoms with E-state index in [1.54, 1.807) is 41.3 Å². The van der Waals surface area contributed by atoms with Crippen molar-refractivity contribution < 1.29 is 14.4 Å². The van der Waals surface area contributed by atoms with E-state index in [9.17, 15) is 14.4 Å². The first-order valence-corrected chi connectivity index (χ1v) is 11.9. The Labute approximate surface area is 208 Å². The van der Waals surface area contributed by atoms with E-state index >= 15 is 0 Å². The Hall–Kier alpha value is -4.59. The standard InChI is InChI=1S/C28H27N5O3/c34-26(18-21-19-29-25-9-5-4-8-24(21)25)32-14-16-33(17-15-32)27(35)20-10-12-23(13-11-20)31-28(36)30-22-6-2-1-3-7-22/h1-13,19,29H,14-18H2,(H2,30,31,36). The Morgan fingerprint density at radius 2 is 1.33 bits per heavy atom. The number of piperazine rings is 1. The van der Waals surface area contributed by atoms with Gasteiger partial charge in [-0.2, -0.15) is 0 Å². The molecule has 0 atom stereocenters. The zero-order valence-electron chi connectivity index (χ0n) is 19.7. The van der Waals surface area contributed by atoms with Crippen LogP contribution in [0, 0.1) is 0 Å². The average Bonchev–Trinajstić information content (AvgIpc) is 3.32. The lowest BCUT2D eigenvalue weighted by atomic mass is 10.1. The van der Waals surface area contributed by atoms with E-state index in [0.717, 1.165) is 16.5 Å². The molecule has 3 N–H and O–H groups in total. The highest BCUT2D eigenvalue weighted by atomic mass is 16.2. The quantitative estimate of drug-likeness (QED) is 0.396. The fourth-order valence-corrected chi connectivity index (χ4v) is 4.41. The van der Waals surface area contributed by atoms with Crippen LogP contribution < -0.4 is 10.6 Å². The maximum Gasteiger partial charge on any atom is 0.323 e. The van der Waals surface area contributed by atoms with Crippen LogP contribution in [0.5, 0.6) is 0 Å². The number of anilines is 2. The predicted octanol–water partition coefficient (Wildman–Crippen LogP) is 4.34. The van der Waals surface area contributed by atoms with E-state index in [1.165, 1.54) is 0 Å². The van der Waals surface area contributed by atoms with Crippen LogP contribution in [0.3, 0.4) is 0 Å². The molecular weight excluding hydrogens is 454 g/mol. The monoisotopic (exact) mass is 481 g/mol. The van der Waals surface area contributed by atoms with Crippen molar-refractivity contribution in [3.8, 4) is 0 Å². The van der Waals surface area contributed by atoms with Crippen LogP contribution in [-0.2, 0) is 11.2 Å². The highest BCUT2D eigenvalue weighted by Gasteiger charge is 2.25. The molecule has 1 aliphatic rings. The van der Waals surface area contributed by atoms with E-state index in [1.807, 2.05) is 53.6 Å². The molecule has 0 spiro atoms. The normalized spacial score (nSPS) is 13.4. The molecule has 8 heteroatoms. The smallest absolute Gasteiger partial charge is 0.323 e. The molecule has 1 saturated heterocycles. The average molecular weight is 482 g/mol. The Balaban J connectivity index is 1.12. The van der Waals surface area contributed by atoms with Gasteiger partial charge in [-0.3, -0.25) is 9.59 Å². The maximum atomic E-state index is 13.0. The number of hydrogen-bond donors (Lipinski definition) is 3.